The molecule has 5 rings (SSSR count). The van der Waals surface area contributed by atoms with Crippen molar-refractivity contribution in [3.63, 3.8) is 0 Å². The number of hydrogen-bond acceptors (Lipinski definition) is 5. The first kappa shape index (κ1) is 28.2. The molecule has 3 aromatic carbocycles. The van der Waals surface area contributed by atoms with Gasteiger partial charge in [0.1, 0.15) is 5.82 Å². The van der Waals surface area contributed by atoms with Crippen molar-refractivity contribution in [1.82, 2.24) is 9.97 Å². The molecule has 0 atom stereocenters. The molecule has 5 nitrogen and oxygen atoms in total. The molecule has 37 heavy (non-hydrogen) atoms. The molecule has 7 heteroatoms. The molecule has 0 fully saturated rings. The SMILES string of the molecule is CC(=O)/C=C(/C)O.Cc1nc2[c-]c(-c3nccc4c3ccc3c(F)cccc34)cc(C(C)(C)C)c2o1.[Ir]. The van der Waals surface area contributed by atoms with Crippen LogP contribution in [0.4, 0.5) is 4.39 Å². The number of halogens is 1. The van der Waals surface area contributed by atoms with E-state index < -0.39 is 0 Å². The Morgan fingerprint density at radius 3 is 2.35 bits per heavy atom. The van der Waals surface area contributed by atoms with Crippen LogP contribution in [0.25, 0.3) is 43.9 Å². The van der Waals surface area contributed by atoms with Gasteiger partial charge in [-0.2, -0.15) is 0 Å². The van der Waals surface area contributed by atoms with E-state index in [1.54, 1.807) is 12.3 Å². The number of allylic oxidation sites excluding steroid dienone is 2. The summed E-state index contributed by atoms with van der Waals surface area (Å²) in [5, 5.41) is 11.8. The summed E-state index contributed by atoms with van der Waals surface area (Å²) in [5.74, 6) is 0.336. The number of pyridine rings is 1. The number of hydrogen-bond donors (Lipinski definition) is 1. The van der Waals surface area contributed by atoms with E-state index in [1.807, 2.05) is 31.2 Å². The number of nitrogens with zero attached hydrogens (tertiary/aromatic N) is 2. The fraction of sp³-hybridized carbons (Fsp3) is 0.233. The van der Waals surface area contributed by atoms with E-state index in [9.17, 15) is 9.18 Å². The predicted octanol–water partition coefficient (Wildman–Crippen LogP) is 7.78. The summed E-state index contributed by atoms with van der Waals surface area (Å²) in [6.45, 7) is 11.1. The molecular weight excluding hydrogens is 648 g/mol. The summed E-state index contributed by atoms with van der Waals surface area (Å²) in [6.07, 6.45) is 2.94. The number of aliphatic hydroxyl groups is 1. The molecule has 0 saturated heterocycles. The van der Waals surface area contributed by atoms with Gasteiger partial charge in [0.15, 0.2) is 11.7 Å². The Labute approximate surface area is 228 Å². The van der Waals surface area contributed by atoms with E-state index in [0.717, 1.165) is 38.6 Å². The Morgan fingerprint density at radius 1 is 1.05 bits per heavy atom. The van der Waals surface area contributed by atoms with Gasteiger partial charge in [-0.3, -0.25) is 4.79 Å². The van der Waals surface area contributed by atoms with Crippen molar-refractivity contribution >= 4 is 38.4 Å². The minimum Gasteiger partial charge on any atom is -0.512 e. The van der Waals surface area contributed by atoms with Crippen LogP contribution in [0.1, 0.15) is 46.1 Å². The average molecular weight is 676 g/mol. The Balaban J connectivity index is 0.000000422. The number of rotatable bonds is 2. The normalized spacial score (nSPS) is 11.8. The maximum Gasteiger partial charge on any atom is 0.180 e. The first-order valence-corrected chi connectivity index (χ1v) is 11.6. The smallest absolute Gasteiger partial charge is 0.180 e. The standard InChI is InChI=1S/C25H20FN2O.C5H8O2.Ir/c1-14-28-22-13-15(12-20(24(22)29-14)25(2,3)4)23-19-9-8-18-16(6-5-7-21(18)26)17(19)10-11-27-23;1-4(6)3-5(2)7;/h5-12H,1-4H3;3,6H,1-2H3;/q-1;;/b;4-3-;. The third kappa shape index (κ3) is 5.95. The fourth-order valence-electron chi connectivity index (χ4n) is 4.25. The fourth-order valence-corrected chi connectivity index (χ4v) is 4.25. The van der Waals surface area contributed by atoms with Crippen molar-refractivity contribution in [3.8, 4) is 11.3 Å². The van der Waals surface area contributed by atoms with Crippen molar-refractivity contribution in [2.75, 3.05) is 0 Å². The summed E-state index contributed by atoms with van der Waals surface area (Å²) in [7, 11) is 0. The molecule has 1 N–H and O–H groups in total. The summed E-state index contributed by atoms with van der Waals surface area (Å²) in [4.78, 5) is 19.2. The molecule has 5 aromatic rings. The zero-order valence-electron chi connectivity index (χ0n) is 21.6. The van der Waals surface area contributed by atoms with Crippen molar-refractivity contribution < 1.29 is 38.8 Å². The quantitative estimate of drug-likeness (QED) is 0.0896. The van der Waals surface area contributed by atoms with Crippen LogP contribution in [0.2, 0.25) is 0 Å². The van der Waals surface area contributed by atoms with Crippen LogP contribution in [0.15, 0.2) is 64.9 Å². The van der Waals surface area contributed by atoms with Crippen LogP contribution in [0.5, 0.6) is 0 Å². The average Bonchev–Trinajstić information content (AvgIpc) is 3.16. The summed E-state index contributed by atoms with van der Waals surface area (Å²) in [6, 6.07) is 16.3. The molecule has 0 aliphatic carbocycles. The van der Waals surface area contributed by atoms with Crippen molar-refractivity contribution in [3.05, 3.63) is 83.8 Å². The molecule has 0 spiro atoms. The third-order valence-electron chi connectivity index (χ3n) is 5.75. The molecule has 0 bridgehead atoms. The molecule has 0 aliphatic rings. The molecule has 2 aromatic heterocycles. The van der Waals surface area contributed by atoms with Crippen molar-refractivity contribution in [2.24, 2.45) is 0 Å². The van der Waals surface area contributed by atoms with Gasteiger partial charge in [-0.05, 0) is 53.2 Å². The van der Waals surface area contributed by atoms with Gasteiger partial charge in [0, 0.05) is 50.2 Å². The number of aliphatic hydroxyl groups excluding tert-OH is 1. The van der Waals surface area contributed by atoms with E-state index in [1.165, 1.54) is 26.0 Å². The van der Waals surface area contributed by atoms with Crippen molar-refractivity contribution in [2.45, 2.75) is 47.0 Å². The van der Waals surface area contributed by atoms with Gasteiger partial charge in [0.25, 0.3) is 0 Å². The topological polar surface area (TPSA) is 76.2 Å². The number of fused-ring (bicyclic) bond motifs is 4. The molecule has 0 amide bonds. The molecular formula is C30H28FIrN2O3-. The van der Waals surface area contributed by atoms with E-state index in [4.69, 9.17) is 9.52 Å². The predicted molar refractivity (Wildman–Crippen MR) is 142 cm³/mol. The van der Waals surface area contributed by atoms with Gasteiger partial charge in [-0.1, -0.05) is 50.6 Å². The number of aryl methyl sites for hydroxylation is 1. The second kappa shape index (κ2) is 10.9. The number of carbonyl (C=O) groups excluding carboxylic acids is 1. The summed E-state index contributed by atoms with van der Waals surface area (Å²) in [5.41, 5.74) is 4.07. The Morgan fingerprint density at radius 2 is 1.73 bits per heavy atom. The van der Waals surface area contributed by atoms with Gasteiger partial charge >= 0.3 is 0 Å². The molecule has 193 valence electrons. The minimum absolute atomic E-state index is 0. The Kier molecular flexibility index (Phi) is 8.31. The molecule has 0 saturated carbocycles. The van der Waals surface area contributed by atoms with Crippen LogP contribution >= 0.6 is 0 Å². The summed E-state index contributed by atoms with van der Waals surface area (Å²) >= 11 is 0. The van der Waals surface area contributed by atoms with Gasteiger partial charge in [-0.15, -0.1) is 17.7 Å². The Hall–Kier alpha value is -3.41. The van der Waals surface area contributed by atoms with E-state index in [0.29, 0.717) is 16.8 Å². The van der Waals surface area contributed by atoms with Crippen LogP contribution < -0.4 is 0 Å². The molecule has 0 aliphatic heterocycles. The van der Waals surface area contributed by atoms with E-state index in [2.05, 4.69) is 42.9 Å². The van der Waals surface area contributed by atoms with Gasteiger partial charge in [-0.25, -0.2) is 9.37 Å². The minimum atomic E-state index is -0.219. The Bertz CT molecular complexity index is 1640. The maximum atomic E-state index is 14.3. The van der Waals surface area contributed by atoms with Crippen LogP contribution in [-0.4, -0.2) is 20.9 Å². The monoisotopic (exact) mass is 676 g/mol. The maximum absolute atomic E-state index is 14.3. The number of ketones is 1. The van der Waals surface area contributed by atoms with Crippen LogP contribution in [-0.2, 0) is 30.3 Å². The van der Waals surface area contributed by atoms with Crippen LogP contribution in [0.3, 0.4) is 0 Å². The number of carbonyl (C=O) groups is 1. The summed E-state index contributed by atoms with van der Waals surface area (Å²) < 4.78 is 20.1. The van der Waals surface area contributed by atoms with Gasteiger partial charge in [0.05, 0.1) is 11.3 Å². The van der Waals surface area contributed by atoms with E-state index in [-0.39, 0.29) is 42.9 Å². The van der Waals surface area contributed by atoms with Gasteiger partial charge in [0.2, 0.25) is 0 Å². The van der Waals surface area contributed by atoms with Gasteiger partial charge < -0.3 is 14.5 Å². The number of benzene rings is 3. The van der Waals surface area contributed by atoms with Crippen LogP contribution in [0, 0.1) is 18.8 Å². The zero-order valence-corrected chi connectivity index (χ0v) is 24.0. The van der Waals surface area contributed by atoms with E-state index >= 15 is 0 Å². The largest absolute Gasteiger partial charge is 0.512 e. The second-order valence-corrected chi connectivity index (χ2v) is 9.81. The number of aromatic nitrogens is 2. The second-order valence-electron chi connectivity index (χ2n) is 9.81. The number of oxazole rings is 1. The third-order valence-corrected chi connectivity index (χ3v) is 5.75. The molecule has 0 unspecified atom stereocenters. The molecule has 1 radical (unpaired) electrons. The first-order chi connectivity index (χ1) is 17.0. The van der Waals surface area contributed by atoms with Crippen molar-refractivity contribution in [1.29, 1.82) is 0 Å². The molecule has 2 heterocycles. The zero-order chi connectivity index (χ0) is 26.2. The first-order valence-electron chi connectivity index (χ1n) is 11.6.